The van der Waals surface area contributed by atoms with E-state index in [-0.39, 0.29) is 11.0 Å². The summed E-state index contributed by atoms with van der Waals surface area (Å²) in [5.74, 6) is -1.16. The summed E-state index contributed by atoms with van der Waals surface area (Å²) < 4.78 is 0. The smallest absolute Gasteiger partial charge is 0.313 e. The minimum absolute atomic E-state index is 0.110. The van der Waals surface area contributed by atoms with Gasteiger partial charge in [0.1, 0.15) is 0 Å². The van der Waals surface area contributed by atoms with E-state index in [1.54, 1.807) is 31.2 Å². The number of hydrogen-bond acceptors (Lipinski definition) is 6. The Morgan fingerprint density at radius 1 is 0.810 bits per heavy atom. The second-order valence-corrected chi connectivity index (χ2v) is 10.1. The highest BCUT2D eigenvalue weighted by Gasteiger charge is 2.40. The Labute approximate surface area is 247 Å². The summed E-state index contributed by atoms with van der Waals surface area (Å²) in [6.07, 6.45) is 7.11. The summed E-state index contributed by atoms with van der Waals surface area (Å²) in [4.78, 5) is 35.5. The first kappa shape index (κ1) is 30.1. The van der Waals surface area contributed by atoms with E-state index < -0.39 is 11.9 Å². The van der Waals surface area contributed by atoms with Crippen LogP contribution in [0.1, 0.15) is 73.5 Å². The lowest BCUT2D eigenvalue weighted by atomic mass is 9.73. The molecule has 0 amide bonds. The van der Waals surface area contributed by atoms with Crippen molar-refractivity contribution in [2.45, 2.75) is 51.9 Å². The SMILES string of the molecule is C=C/C=C(\C=C)C(=O)O/N=C(\C)CC/C(=N\OC(=O)c1ccccc1)c1ccc2c(c1)C(CC)(CC)c1ccccc1-2. The molecule has 0 N–H and O–H groups in total. The molecular formula is C36H36N2O4. The molecule has 0 radical (unpaired) electrons. The summed E-state index contributed by atoms with van der Waals surface area (Å²) in [5.41, 5.74) is 7.66. The van der Waals surface area contributed by atoms with Crippen molar-refractivity contribution in [1.29, 1.82) is 0 Å². The van der Waals surface area contributed by atoms with Crippen LogP contribution >= 0.6 is 0 Å². The molecule has 0 aliphatic heterocycles. The van der Waals surface area contributed by atoms with Gasteiger partial charge in [-0.3, -0.25) is 0 Å². The lowest BCUT2D eigenvalue weighted by molar-refractivity contribution is -0.138. The number of nitrogens with zero attached hydrogens (tertiary/aromatic N) is 2. The molecule has 0 saturated heterocycles. The first-order valence-electron chi connectivity index (χ1n) is 14.2. The molecule has 0 unspecified atom stereocenters. The van der Waals surface area contributed by atoms with Gasteiger partial charge < -0.3 is 9.68 Å². The summed E-state index contributed by atoms with van der Waals surface area (Å²) in [7, 11) is 0. The van der Waals surface area contributed by atoms with Gasteiger partial charge in [0, 0.05) is 5.41 Å². The van der Waals surface area contributed by atoms with Crippen molar-refractivity contribution in [2.24, 2.45) is 10.3 Å². The van der Waals surface area contributed by atoms with Gasteiger partial charge in [0.2, 0.25) is 0 Å². The topological polar surface area (TPSA) is 77.3 Å². The lowest BCUT2D eigenvalue weighted by Gasteiger charge is -2.30. The number of oxime groups is 2. The van der Waals surface area contributed by atoms with E-state index in [2.05, 4.69) is 73.7 Å². The van der Waals surface area contributed by atoms with Crippen LogP contribution in [0.25, 0.3) is 11.1 Å². The van der Waals surface area contributed by atoms with Crippen LogP contribution in [0, 0.1) is 0 Å². The molecule has 3 aromatic rings. The van der Waals surface area contributed by atoms with Crippen LogP contribution in [-0.2, 0) is 19.9 Å². The van der Waals surface area contributed by atoms with Crippen LogP contribution in [0.2, 0.25) is 0 Å². The Morgan fingerprint density at radius 3 is 2.19 bits per heavy atom. The van der Waals surface area contributed by atoms with E-state index in [0.717, 1.165) is 18.4 Å². The molecule has 1 aliphatic rings. The molecule has 4 rings (SSSR count). The summed E-state index contributed by atoms with van der Waals surface area (Å²) in [5, 5.41) is 8.35. The average Bonchev–Trinajstić information content (AvgIpc) is 3.32. The number of carbonyl (C=O) groups is 2. The fourth-order valence-electron chi connectivity index (χ4n) is 5.48. The van der Waals surface area contributed by atoms with Gasteiger partial charge in [-0.1, -0.05) is 104 Å². The molecule has 0 spiro atoms. The quantitative estimate of drug-likeness (QED) is 0.0733. The number of hydrogen-bond donors (Lipinski definition) is 0. The number of fused-ring (bicyclic) bond motifs is 3. The largest absolute Gasteiger partial charge is 0.365 e. The van der Waals surface area contributed by atoms with E-state index in [1.807, 2.05) is 12.1 Å². The molecule has 0 atom stereocenters. The standard InChI is InChI=1S/C36H36N2O4/c1-6-15-26(7-2)34(39)41-37-25(5)20-23-33(38-42-35(40)27-16-11-10-12-17-27)28-21-22-30-29-18-13-14-19-31(29)36(8-3,9-4)32(30)24-28/h6-7,10-19,21-22,24H,1-2,8-9,20,23H2,3-5H3/b26-15+,37-25+,38-33+. The predicted molar refractivity (Wildman–Crippen MR) is 169 cm³/mol. The van der Waals surface area contributed by atoms with Gasteiger partial charge in [-0.15, -0.1) is 0 Å². The van der Waals surface area contributed by atoms with Gasteiger partial charge in [0.05, 0.1) is 22.6 Å². The first-order chi connectivity index (χ1) is 20.4. The molecule has 3 aromatic carbocycles. The number of rotatable bonds is 12. The zero-order valence-electron chi connectivity index (χ0n) is 24.4. The zero-order chi connectivity index (χ0) is 30.1. The van der Waals surface area contributed by atoms with E-state index in [9.17, 15) is 9.59 Å². The minimum atomic E-state index is -0.622. The monoisotopic (exact) mass is 560 g/mol. The second-order valence-electron chi connectivity index (χ2n) is 10.1. The van der Waals surface area contributed by atoms with Crippen molar-refractivity contribution in [3.63, 3.8) is 0 Å². The van der Waals surface area contributed by atoms with E-state index >= 15 is 0 Å². The Balaban J connectivity index is 1.65. The highest BCUT2D eigenvalue weighted by molar-refractivity contribution is 6.04. The molecule has 0 bridgehead atoms. The fourth-order valence-corrected chi connectivity index (χ4v) is 5.48. The third-order valence-corrected chi connectivity index (χ3v) is 7.82. The Morgan fingerprint density at radius 2 is 1.50 bits per heavy atom. The molecule has 42 heavy (non-hydrogen) atoms. The van der Waals surface area contributed by atoms with Gasteiger partial charge in [-0.05, 0) is 84.7 Å². The lowest BCUT2D eigenvalue weighted by Crippen LogP contribution is -2.23. The molecule has 0 saturated carbocycles. The molecule has 0 aromatic heterocycles. The molecule has 0 heterocycles. The zero-order valence-corrected chi connectivity index (χ0v) is 24.4. The van der Waals surface area contributed by atoms with Crippen LogP contribution in [-0.4, -0.2) is 23.4 Å². The third kappa shape index (κ3) is 6.23. The Kier molecular flexibility index (Phi) is 9.81. The van der Waals surface area contributed by atoms with Crippen molar-refractivity contribution in [3.05, 3.63) is 132 Å². The highest BCUT2D eigenvalue weighted by atomic mass is 16.7. The van der Waals surface area contributed by atoms with Crippen LogP contribution in [0.5, 0.6) is 0 Å². The number of benzene rings is 3. The van der Waals surface area contributed by atoms with Gasteiger partial charge in [0.15, 0.2) is 0 Å². The predicted octanol–water partition coefficient (Wildman–Crippen LogP) is 8.33. The summed E-state index contributed by atoms with van der Waals surface area (Å²) in [6, 6.07) is 23.7. The van der Waals surface area contributed by atoms with Crippen LogP contribution in [0.4, 0.5) is 0 Å². The maximum absolute atomic E-state index is 12.7. The molecule has 0 fully saturated rings. The molecule has 1 aliphatic carbocycles. The fraction of sp³-hybridized carbons (Fsp3) is 0.222. The van der Waals surface area contributed by atoms with E-state index in [1.165, 1.54) is 40.5 Å². The van der Waals surface area contributed by atoms with Crippen LogP contribution in [0.15, 0.2) is 120 Å². The Bertz CT molecular complexity index is 1580. The molecule has 6 nitrogen and oxygen atoms in total. The van der Waals surface area contributed by atoms with Crippen molar-refractivity contribution in [1.82, 2.24) is 0 Å². The van der Waals surface area contributed by atoms with Crippen molar-refractivity contribution < 1.29 is 19.3 Å². The van der Waals surface area contributed by atoms with Crippen LogP contribution in [0.3, 0.4) is 0 Å². The van der Waals surface area contributed by atoms with Gasteiger partial charge in [-0.25, -0.2) is 9.59 Å². The third-order valence-electron chi connectivity index (χ3n) is 7.82. The highest BCUT2D eigenvalue weighted by Crippen LogP contribution is 2.52. The summed E-state index contributed by atoms with van der Waals surface area (Å²) >= 11 is 0. The van der Waals surface area contributed by atoms with Gasteiger partial charge in [0.25, 0.3) is 0 Å². The maximum Gasteiger partial charge on any atom is 0.365 e. The number of carbonyl (C=O) groups excluding carboxylic acids is 2. The minimum Gasteiger partial charge on any atom is -0.313 e. The van der Waals surface area contributed by atoms with Gasteiger partial charge in [-0.2, -0.15) is 0 Å². The molecular weight excluding hydrogens is 524 g/mol. The maximum atomic E-state index is 12.7. The van der Waals surface area contributed by atoms with E-state index in [4.69, 9.17) is 9.68 Å². The molecule has 6 heteroatoms. The van der Waals surface area contributed by atoms with Crippen molar-refractivity contribution in [3.8, 4) is 11.1 Å². The second kappa shape index (κ2) is 13.7. The van der Waals surface area contributed by atoms with E-state index in [0.29, 0.717) is 29.8 Å². The number of allylic oxidation sites excluding steroid dienone is 2. The Hall–Kier alpha value is -4.84. The van der Waals surface area contributed by atoms with Gasteiger partial charge >= 0.3 is 11.9 Å². The first-order valence-corrected chi connectivity index (χ1v) is 14.2. The summed E-state index contributed by atoms with van der Waals surface area (Å²) in [6.45, 7) is 13.4. The van der Waals surface area contributed by atoms with Crippen molar-refractivity contribution >= 4 is 23.4 Å². The average molecular weight is 561 g/mol. The van der Waals surface area contributed by atoms with Crippen LogP contribution < -0.4 is 0 Å². The van der Waals surface area contributed by atoms with Crippen molar-refractivity contribution in [2.75, 3.05) is 0 Å². The molecule has 214 valence electrons. The normalized spacial score (nSPS) is 14.0.